The highest BCUT2D eigenvalue weighted by molar-refractivity contribution is 7.10. The molecule has 2 aromatic carbocycles. The van der Waals surface area contributed by atoms with Gasteiger partial charge >= 0.3 is 18.0 Å². The number of methoxy groups -OCH3 is 2. The summed E-state index contributed by atoms with van der Waals surface area (Å²) in [6.07, 6.45) is 2.61. The zero-order chi connectivity index (χ0) is 47.1. The molecule has 0 bridgehead atoms. The maximum absolute atomic E-state index is 14.1. The van der Waals surface area contributed by atoms with Crippen LogP contribution in [0.4, 0.5) is 4.79 Å². The predicted molar refractivity (Wildman–Crippen MR) is 250 cm³/mol. The second kappa shape index (κ2) is 21.0. The van der Waals surface area contributed by atoms with E-state index in [9.17, 15) is 19.2 Å². The van der Waals surface area contributed by atoms with Gasteiger partial charge in [-0.15, -0.1) is 11.3 Å². The topological polar surface area (TPSA) is 160 Å². The summed E-state index contributed by atoms with van der Waals surface area (Å²) in [7, 11) is 3.01. The fraction of sp³-hybridized carbons (Fsp3) is 0.480. The van der Waals surface area contributed by atoms with Crippen molar-refractivity contribution in [2.45, 2.75) is 112 Å². The molecule has 1 fully saturated rings. The van der Waals surface area contributed by atoms with Crippen LogP contribution in [0.25, 0.3) is 33.4 Å². The number of rotatable bonds is 17. The van der Waals surface area contributed by atoms with Gasteiger partial charge in [0.15, 0.2) is 0 Å². The second-order valence-electron chi connectivity index (χ2n) is 18.4. The second-order valence-corrected chi connectivity index (χ2v) is 19.3. The molecule has 14 nitrogen and oxygen atoms in total. The molecule has 5 aromatic rings. The van der Waals surface area contributed by atoms with Crippen LogP contribution in [0.3, 0.4) is 0 Å². The molecule has 0 saturated carbocycles. The first-order chi connectivity index (χ1) is 30.9. The summed E-state index contributed by atoms with van der Waals surface area (Å²) >= 11 is 1.40. The Morgan fingerprint density at radius 1 is 1.02 bits per heavy atom. The number of aromatic nitrogens is 3. The Morgan fingerprint density at radius 2 is 1.77 bits per heavy atom. The number of hydrogen-bond acceptors (Lipinski definition) is 12. The molecule has 0 unspecified atom stereocenters. The van der Waals surface area contributed by atoms with E-state index in [-0.39, 0.29) is 43.5 Å². The van der Waals surface area contributed by atoms with Crippen LogP contribution in [0.5, 0.6) is 5.75 Å². The van der Waals surface area contributed by atoms with E-state index in [4.69, 9.17) is 33.7 Å². The molecule has 348 valence electrons. The van der Waals surface area contributed by atoms with Crippen LogP contribution in [-0.4, -0.2) is 88.9 Å². The van der Waals surface area contributed by atoms with E-state index < -0.39 is 29.1 Å². The minimum absolute atomic E-state index is 0.118. The molecule has 4 heterocycles. The quantitative estimate of drug-likeness (QED) is 0.0700. The van der Waals surface area contributed by atoms with Gasteiger partial charge < -0.3 is 38.5 Å². The highest BCUT2D eigenvalue weighted by Gasteiger charge is 2.35. The van der Waals surface area contributed by atoms with Crippen LogP contribution >= 0.6 is 11.3 Å². The van der Waals surface area contributed by atoms with E-state index in [1.54, 1.807) is 39.0 Å². The van der Waals surface area contributed by atoms with Gasteiger partial charge in [0.25, 0.3) is 0 Å². The van der Waals surface area contributed by atoms with Crippen molar-refractivity contribution in [1.82, 2.24) is 24.8 Å². The predicted octanol–water partition coefficient (Wildman–Crippen LogP) is 9.11. The third kappa shape index (κ3) is 12.3. The number of pyridine rings is 1. The number of aryl methyl sites for hydroxylation is 1. The van der Waals surface area contributed by atoms with Gasteiger partial charge in [-0.05, 0) is 83.2 Å². The van der Waals surface area contributed by atoms with Crippen molar-refractivity contribution >= 4 is 46.2 Å². The number of esters is 2. The largest absolute Gasteiger partial charge is 0.487 e. The Morgan fingerprint density at radius 3 is 2.45 bits per heavy atom. The van der Waals surface area contributed by atoms with Crippen LogP contribution < -0.4 is 10.1 Å². The van der Waals surface area contributed by atoms with E-state index in [0.717, 1.165) is 44.5 Å². The zero-order valence-corrected chi connectivity index (χ0v) is 40.1. The Labute approximate surface area is 386 Å². The van der Waals surface area contributed by atoms with Crippen LogP contribution in [0, 0.1) is 11.3 Å². The van der Waals surface area contributed by atoms with E-state index in [1.807, 2.05) is 54.8 Å². The van der Waals surface area contributed by atoms with Gasteiger partial charge in [-0.25, -0.2) is 9.78 Å². The number of benzene rings is 2. The minimum atomic E-state index is -0.986. The van der Waals surface area contributed by atoms with Gasteiger partial charge in [0, 0.05) is 72.9 Å². The highest BCUT2D eigenvalue weighted by atomic mass is 32.1. The number of thiazole rings is 1. The van der Waals surface area contributed by atoms with Crippen molar-refractivity contribution < 1.29 is 42.9 Å². The molecular weight excluding hydrogens is 847 g/mol. The number of nitrogens with zero attached hydrogens (tertiary/aromatic N) is 4. The molecule has 0 spiro atoms. The molecule has 1 aliphatic rings. The number of fused-ring (bicyclic) bond motifs is 1. The van der Waals surface area contributed by atoms with Crippen LogP contribution in [0.15, 0.2) is 66.2 Å². The van der Waals surface area contributed by atoms with E-state index in [1.165, 1.54) is 25.4 Å². The number of carbonyl (C=O) groups is 4. The Balaban J connectivity index is 1.41. The summed E-state index contributed by atoms with van der Waals surface area (Å²) in [4.78, 5) is 63.4. The van der Waals surface area contributed by atoms with E-state index in [2.05, 4.69) is 42.8 Å². The normalized spacial score (nSPS) is 15.3. The Kier molecular flexibility index (Phi) is 15.7. The molecule has 65 heavy (non-hydrogen) atoms. The lowest BCUT2D eigenvalue weighted by Gasteiger charge is -2.34. The van der Waals surface area contributed by atoms with Gasteiger partial charge in [-0.3, -0.25) is 19.4 Å². The van der Waals surface area contributed by atoms with Crippen LogP contribution in [-0.2, 0) is 59.3 Å². The van der Waals surface area contributed by atoms with Crippen molar-refractivity contribution in [3.63, 3.8) is 0 Å². The third-order valence-electron chi connectivity index (χ3n) is 11.4. The van der Waals surface area contributed by atoms with Crippen molar-refractivity contribution in [2.24, 2.45) is 11.3 Å². The van der Waals surface area contributed by atoms with Gasteiger partial charge in [-0.1, -0.05) is 50.2 Å². The van der Waals surface area contributed by atoms with E-state index >= 15 is 0 Å². The number of hydrogen-bond donors (Lipinski definition) is 1. The number of alkyl carbamates (subject to hydrolysis) is 1. The summed E-state index contributed by atoms with van der Waals surface area (Å²) in [5.74, 6) is -0.841. The van der Waals surface area contributed by atoms with Gasteiger partial charge in [0.1, 0.15) is 24.0 Å². The number of ether oxygens (including phenoxy) is 5. The highest BCUT2D eigenvalue weighted by Crippen LogP contribution is 2.43. The number of piperidine rings is 1. The van der Waals surface area contributed by atoms with Crippen molar-refractivity contribution in [2.75, 3.05) is 33.9 Å². The summed E-state index contributed by atoms with van der Waals surface area (Å²) < 4.78 is 30.7. The molecule has 2 amide bonds. The molecule has 1 aliphatic heterocycles. The molecule has 3 aromatic heterocycles. The van der Waals surface area contributed by atoms with Crippen molar-refractivity contribution in [3.05, 3.63) is 88.0 Å². The Hall–Kier alpha value is -5.80. The maximum Gasteiger partial charge on any atom is 0.408 e. The van der Waals surface area contributed by atoms with Crippen LogP contribution in [0.1, 0.15) is 96.2 Å². The standard InChI is InChI=1S/C50H63N5O9S/c1-11-55-42-20-19-34(41-29-65-43(52-41)24-40(53-48(59)64-49(4,5)6)46(57)54-21-15-18-35(27-54)47(58)61-10)22-37(42)39(25-50(7,8)30-63-32(3)56)45(55)38-23-36(26-51-44(38)31(2)60-9)62-28-33-16-13-12-14-17-33/h12-14,16-17,19-20,22-23,26,29,31,35,40H,11,15,18,21,24-25,27-28,30H2,1-10H3,(H,53,59)/t31-,35-,40-/m0/s1. The molecule has 0 radical (unpaired) electrons. The maximum atomic E-state index is 14.1. The first kappa shape index (κ1) is 48.7. The average molecular weight is 910 g/mol. The average Bonchev–Trinajstić information content (AvgIpc) is 3.87. The van der Waals surface area contributed by atoms with Crippen molar-refractivity contribution in [1.29, 1.82) is 0 Å². The first-order valence-corrected chi connectivity index (χ1v) is 23.1. The lowest BCUT2D eigenvalue weighted by molar-refractivity contribution is -0.149. The number of nitrogens with one attached hydrogen (secondary N) is 1. The fourth-order valence-corrected chi connectivity index (χ4v) is 9.10. The monoisotopic (exact) mass is 909 g/mol. The van der Waals surface area contributed by atoms with Gasteiger partial charge in [0.2, 0.25) is 5.91 Å². The SMILES string of the molecule is CCn1c(-c2cc(OCc3ccccc3)cnc2[C@H](C)OC)c(CC(C)(C)COC(C)=O)c2cc(-c3csc(C[C@H](NC(=O)OC(C)(C)C)C(=O)N4CCC[C@H](C(=O)OC)C4)n3)ccc21. The molecule has 1 N–H and O–H groups in total. The number of likely N-dealkylation sites (tertiary alicyclic amines) is 1. The molecule has 0 aliphatic carbocycles. The molecular formula is C50H63N5O9S. The molecule has 1 saturated heterocycles. The zero-order valence-electron chi connectivity index (χ0n) is 39.3. The molecule has 6 rings (SSSR count). The van der Waals surface area contributed by atoms with Crippen LogP contribution in [0.2, 0.25) is 0 Å². The molecule has 15 heteroatoms. The summed E-state index contributed by atoms with van der Waals surface area (Å²) in [6.45, 7) is 16.9. The summed E-state index contributed by atoms with van der Waals surface area (Å²) in [6, 6.07) is 17.3. The fourth-order valence-electron chi connectivity index (χ4n) is 8.25. The number of amides is 2. The number of carbonyl (C=O) groups excluding carboxylic acids is 4. The third-order valence-corrected chi connectivity index (χ3v) is 12.3. The summed E-state index contributed by atoms with van der Waals surface area (Å²) in [5.41, 5.74) is 6.01. The lowest BCUT2D eigenvalue weighted by Crippen LogP contribution is -2.53. The Bertz CT molecular complexity index is 2470. The van der Waals surface area contributed by atoms with Gasteiger partial charge in [0.05, 0.1) is 54.0 Å². The first-order valence-electron chi connectivity index (χ1n) is 22.2. The van der Waals surface area contributed by atoms with Gasteiger partial charge in [-0.2, -0.15) is 0 Å². The van der Waals surface area contributed by atoms with E-state index in [0.29, 0.717) is 55.4 Å². The smallest absolute Gasteiger partial charge is 0.408 e. The molecule has 3 atom stereocenters. The summed E-state index contributed by atoms with van der Waals surface area (Å²) in [5, 5.41) is 6.40. The van der Waals surface area contributed by atoms with Crippen molar-refractivity contribution in [3.8, 4) is 28.3 Å². The minimum Gasteiger partial charge on any atom is -0.487 e. The lowest BCUT2D eigenvalue weighted by atomic mass is 9.84.